The molecular formula is C15H25NO3S. The number of thioether (sulfide) groups is 1. The molecule has 0 aliphatic heterocycles. The van der Waals surface area contributed by atoms with E-state index < -0.39 is 0 Å². The van der Waals surface area contributed by atoms with Crippen molar-refractivity contribution in [1.29, 1.82) is 0 Å². The maximum atomic E-state index is 5.38. The SMILES string of the molecule is COc1cc(C(C)NCCCSC)cc(OC)c1OC. The van der Waals surface area contributed by atoms with E-state index in [9.17, 15) is 0 Å². The number of hydrogen-bond acceptors (Lipinski definition) is 5. The van der Waals surface area contributed by atoms with Crippen LogP contribution in [-0.2, 0) is 0 Å². The van der Waals surface area contributed by atoms with Crippen molar-refractivity contribution in [3.05, 3.63) is 17.7 Å². The van der Waals surface area contributed by atoms with Gasteiger partial charge >= 0.3 is 0 Å². The number of rotatable bonds is 9. The van der Waals surface area contributed by atoms with Crippen LogP contribution in [0.25, 0.3) is 0 Å². The second kappa shape index (κ2) is 8.97. The lowest BCUT2D eigenvalue weighted by Crippen LogP contribution is -2.20. The van der Waals surface area contributed by atoms with Gasteiger partial charge in [0.05, 0.1) is 21.3 Å². The van der Waals surface area contributed by atoms with Crippen molar-refractivity contribution in [3.63, 3.8) is 0 Å². The van der Waals surface area contributed by atoms with Crippen LogP contribution in [0.4, 0.5) is 0 Å². The minimum Gasteiger partial charge on any atom is -0.493 e. The normalized spacial score (nSPS) is 12.1. The van der Waals surface area contributed by atoms with E-state index in [0.717, 1.165) is 18.5 Å². The molecule has 1 aromatic carbocycles. The van der Waals surface area contributed by atoms with Gasteiger partial charge in [0, 0.05) is 6.04 Å². The van der Waals surface area contributed by atoms with E-state index >= 15 is 0 Å². The third-order valence-electron chi connectivity index (χ3n) is 3.16. The average molecular weight is 299 g/mol. The molecular weight excluding hydrogens is 274 g/mol. The first-order valence-corrected chi connectivity index (χ1v) is 8.09. The maximum absolute atomic E-state index is 5.38. The summed E-state index contributed by atoms with van der Waals surface area (Å²) in [6.07, 6.45) is 3.29. The molecule has 0 bridgehead atoms. The molecule has 0 heterocycles. The van der Waals surface area contributed by atoms with E-state index in [2.05, 4.69) is 18.5 Å². The van der Waals surface area contributed by atoms with Gasteiger partial charge in [0.2, 0.25) is 5.75 Å². The van der Waals surface area contributed by atoms with Gasteiger partial charge in [-0.05, 0) is 49.6 Å². The summed E-state index contributed by atoms with van der Waals surface area (Å²) in [6, 6.07) is 4.23. The first-order chi connectivity index (χ1) is 9.67. The molecule has 1 atom stereocenters. The van der Waals surface area contributed by atoms with Crippen molar-refractivity contribution in [2.45, 2.75) is 19.4 Å². The Morgan fingerprint density at radius 3 is 2.15 bits per heavy atom. The summed E-state index contributed by atoms with van der Waals surface area (Å²) < 4.78 is 16.1. The summed E-state index contributed by atoms with van der Waals surface area (Å²) in [5.74, 6) is 3.20. The summed E-state index contributed by atoms with van der Waals surface area (Å²) in [7, 11) is 4.89. The molecule has 0 aromatic heterocycles. The molecule has 0 amide bonds. The lowest BCUT2D eigenvalue weighted by Gasteiger charge is -2.18. The van der Waals surface area contributed by atoms with Crippen molar-refractivity contribution in [2.75, 3.05) is 39.9 Å². The maximum Gasteiger partial charge on any atom is 0.203 e. The Balaban J connectivity index is 2.83. The molecule has 1 rings (SSSR count). The van der Waals surface area contributed by atoms with E-state index in [1.54, 1.807) is 21.3 Å². The van der Waals surface area contributed by atoms with Crippen LogP contribution in [0.15, 0.2) is 12.1 Å². The van der Waals surface area contributed by atoms with Gasteiger partial charge in [-0.1, -0.05) is 0 Å². The molecule has 0 aliphatic carbocycles. The standard InChI is InChI=1S/C15H25NO3S/c1-11(16-7-6-8-20-5)12-9-13(17-2)15(19-4)14(10-12)18-3/h9-11,16H,6-8H2,1-5H3. The van der Waals surface area contributed by atoms with Crippen LogP contribution < -0.4 is 19.5 Å². The van der Waals surface area contributed by atoms with Gasteiger partial charge in [-0.15, -0.1) is 0 Å². The molecule has 0 aliphatic rings. The Kier molecular flexibility index (Phi) is 7.62. The third kappa shape index (κ3) is 4.49. The molecule has 0 saturated heterocycles. The van der Waals surface area contributed by atoms with Gasteiger partial charge in [0.25, 0.3) is 0 Å². The molecule has 4 nitrogen and oxygen atoms in total. The van der Waals surface area contributed by atoms with Crippen LogP contribution in [0.3, 0.4) is 0 Å². The highest BCUT2D eigenvalue weighted by Gasteiger charge is 2.15. The summed E-state index contributed by atoms with van der Waals surface area (Å²) in [6.45, 7) is 3.14. The minimum atomic E-state index is 0.241. The number of methoxy groups -OCH3 is 3. The molecule has 20 heavy (non-hydrogen) atoms. The van der Waals surface area contributed by atoms with E-state index in [4.69, 9.17) is 14.2 Å². The predicted molar refractivity (Wildman–Crippen MR) is 85.5 cm³/mol. The quantitative estimate of drug-likeness (QED) is 0.709. The highest BCUT2D eigenvalue weighted by molar-refractivity contribution is 7.98. The Hall–Kier alpha value is -1.07. The smallest absolute Gasteiger partial charge is 0.203 e. The van der Waals surface area contributed by atoms with Gasteiger partial charge in [0.1, 0.15) is 0 Å². The molecule has 0 fully saturated rings. The molecule has 0 spiro atoms. The molecule has 1 unspecified atom stereocenters. The average Bonchev–Trinajstić information content (AvgIpc) is 2.49. The van der Waals surface area contributed by atoms with Gasteiger partial charge in [-0.3, -0.25) is 0 Å². The lowest BCUT2D eigenvalue weighted by molar-refractivity contribution is 0.323. The summed E-state index contributed by atoms with van der Waals surface area (Å²) in [5, 5.41) is 3.51. The first-order valence-electron chi connectivity index (χ1n) is 6.70. The van der Waals surface area contributed by atoms with E-state index in [1.165, 1.54) is 5.75 Å². The van der Waals surface area contributed by atoms with Crippen LogP contribution in [0.2, 0.25) is 0 Å². The Morgan fingerprint density at radius 1 is 1.10 bits per heavy atom. The fraction of sp³-hybridized carbons (Fsp3) is 0.600. The van der Waals surface area contributed by atoms with Crippen molar-refractivity contribution in [2.24, 2.45) is 0 Å². The number of ether oxygens (including phenoxy) is 3. The van der Waals surface area contributed by atoms with Crippen LogP contribution in [0, 0.1) is 0 Å². The van der Waals surface area contributed by atoms with Crippen LogP contribution in [0.1, 0.15) is 24.9 Å². The van der Waals surface area contributed by atoms with Crippen molar-refractivity contribution < 1.29 is 14.2 Å². The monoisotopic (exact) mass is 299 g/mol. The predicted octanol–water partition coefficient (Wildman–Crippen LogP) is 3.12. The summed E-state index contributed by atoms with van der Waals surface area (Å²) in [5.41, 5.74) is 1.13. The highest BCUT2D eigenvalue weighted by atomic mass is 32.2. The fourth-order valence-corrected chi connectivity index (χ4v) is 2.44. The summed E-state index contributed by atoms with van der Waals surface area (Å²) >= 11 is 1.87. The third-order valence-corrected chi connectivity index (χ3v) is 3.86. The second-order valence-electron chi connectivity index (χ2n) is 4.48. The minimum absolute atomic E-state index is 0.241. The van der Waals surface area contributed by atoms with Crippen LogP contribution >= 0.6 is 11.8 Å². The zero-order valence-electron chi connectivity index (χ0n) is 13.0. The fourth-order valence-electron chi connectivity index (χ4n) is 2.00. The zero-order valence-corrected chi connectivity index (χ0v) is 13.8. The number of benzene rings is 1. The lowest BCUT2D eigenvalue weighted by atomic mass is 10.1. The number of nitrogens with one attached hydrogen (secondary N) is 1. The Labute approximate surface area is 126 Å². The van der Waals surface area contributed by atoms with Crippen molar-refractivity contribution in [1.82, 2.24) is 5.32 Å². The molecule has 114 valence electrons. The topological polar surface area (TPSA) is 39.7 Å². The summed E-state index contributed by atoms with van der Waals surface area (Å²) in [4.78, 5) is 0. The molecule has 1 aromatic rings. The molecule has 5 heteroatoms. The van der Waals surface area contributed by atoms with E-state index in [-0.39, 0.29) is 6.04 Å². The van der Waals surface area contributed by atoms with E-state index in [1.807, 2.05) is 23.9 Å². The van der Waals surface area contributed by atoms with Gasteiger partial charge < -0.3 is 19.5 Å². The Bertz CT molecular complexity index is 387. The van der Waals surface area contributed by atoms with Crippen molar-refractivity contribution >= 4 is 11.8 Å². The van der Waals surface area contributed by atoms with Gasteiger partial charge in [0.15, 0.2) is 11.5 Å². The van der Waals surface area contributed by atoms with Gasteiger partial charge in [-0.2, -0.15) is 11.8 Å². The second-order valence-corrected chi connectivity index (χ2v) is 5.47. The largest absolute Gasteiger partial charge is 0.493 e. The van der Waals surface area contributed by atoms with E-state index in [0.29, 0.717) is 17.2 Å². The van der Waals surface area contributed by atoms with Gasteiger partial charge in [-0.25, -0.2) is 0 Å². The highest BCUT2D eigenvalue weighted by Crippen LogP contribution is 2.39. The van der Waals surface area contributed by atoms with Crippen LogP contribution in [-0.4, -0.2) is 39.9 Å². The number of hydrogen-bond donors (Lipinski definition) is 1. The van der Waals surface area contributed by atoms with Crippen LogP contribution in [0.5, 0.6) is 17.2 Å². The Morgan fingerprint density at radius 2 is 1.70 bits per heavy atom. The zero-order chi connectivity index (χ0) is 15.0. The first kappa shape index (κ1) is 17.0. The van der Waals surface area contributed by atoms with Crippen molar-refractivity contribution in [3.8, 4) is 17.2 Å². The molecule has 0 saturated carbocycles. The molecule has 1 N–H and O–H groups in total. The molecule has 0 radical (unpaired) electrons.